The molecule has 3 aromatic carbocycles. The molecule has 0 radical (unpaired) electrons. The van der Waals surface area contributed by atoms with Gasteiger partial charge in [0.2, 0.25) is 5.91 Å². The van der Waals surface area contributed by atoms with Crippen molar-refractivity contribution in [1.82, 2.24) is 14.8 Å². The van der Waals surface area contributed by atoms with E-state index in [1.54, 1.807) is 0 Å². The van der Waals surface area contributed by atoms with Crippen molar-refractivity contribution in [1.29, 1.82) is 0 Å². The molecule has 0 spiro atoms. The van der Waals surface area contributed by atoms with Crippen molar-refractivity contribution in [3.63, 3.8) is 0 Å². The van der Waals surface area contributed by atoms with Gasteiger partial charge in [0.1, 0.15) is 0 Å². The summed E-state index contributed by atoms with van der Waals surface area (Å²) in [5, 5.41) is 12.3. The van der Waals surface area contributed by atoms with Crippen molar-refractivity contribution in [3.05, 3.63) is 83.3 Å². The molecule has 1 aromatic heterocycles. The summed E-state index contributed by atoms with van der Waals surface area (Å²) in [7, 11) is 1.90. The number of aromatic nitrogens is 3. The van der Waals surface area contributed by atoms with Crippen LogP contribution in [0.25, 0.3) is 22.5 Å². The minimum absolute atomic E-state index is 0.0891. The van der Waals surface area contributed by atoms with Gasteiger partial charge in [-0.05, 0) is 17.7 Å². The lowest BCUT2D eigenvalue weighted by Crippen LogP contribution is -2.15. The molecular weight excluding hydrogens is 460 g/mol. The van der Waals surface area contributed by atoms with Crippen LogP contribution in [0.3, 0.4) is 0 Å². The van der Waals surface area contributed by atoms with Gasteiger partial charge in [-0.3, -0.25) is 4.79 Å². The second-order valence-corrected chi connectivity index (χ2v) is 8.39. The fourth-order valence-electron chi connectivity index (χ4n) is 3.10. The van der Waals surface area contributed by atoms with E-state index in [9.17, 15) is 4.79 Å². The van der Waals surface area contributed by atoms with Crippen molar-refractivity contribution in [2.24, 2.45) is 7.05 Å². The molecule has 4 aromatic rings. The number of benzene rings is 3. The van der Waals surface area contributed by atoms with E-state index >= 15 is 0 Å². The Balaban J connectivity index is 1.45. The lowest BCUT2D eigenvalue weighted by molar-refractivity contribution is -0.113. The van der Waals surface area contributed by atoms with Crippen LogP contribution in [-0.4, -0.2) is 26.4 Å². The first-order chi connectivity index (χ1) is 14.6. The second kappa shape index (κ2) is 9.28. The Morgan fingerprint density at radius 3 is 2.37 bits per heavy atom. The van der Waals surface area contributed by atoms with Gasteiger partial charge in [-0.2, -0.15) is 0 Å². The Morgan fingerprint density at radius 1 is 0.933 bits per heavy atom. The van der Waals surface area contributed by atoms with Crippen LogP contribution < -0.4 is 5.32 Å². The number of carbonyl (C=O) groups is 1. The summed E-state index contributed by atoms with van der Waals surface area (Å²) >= 11 is 4.91. The van der Waals surface area contributed by atoms with Crippen LogP contribution in [0.2, 0.25) is 0 Å². The number of hydrogen-bond donors (Lipinski definition) is 1. The van der Waals surface area contributed by atoms with E-state index in [1.165, 1.54) is 11.8 Å². The van der Waals surface area contributed by atoms with Gasteiger partial charge in [-0.1, -0.05) is 94.4 Å². The third-order valence-electron chi connectivity index (χ3n) is 4.57. The number of hydrogen-bond acceptors (Lipinski definition) is 4. The molecule has 7 heteroatoms. The Labute approximate surface area is 187 Å². The zero-order chi connectivity index (χ0) is 20.9. The molecule has 30 heavy (non-hydrogen) atoms. The number of halogens is 1. The summed E-state index contributed by atoms with van der Waals surface area (Å²) in [6, 6.07) is 25.7. The van der Waals surface area contributed by atoms with Crippen molar-refractivity contribution in [2.45, 2.75) is 5.16 Å². The minimum Gasteiger partial charge on any atom is -0.325 e. The van der Waals surface area contributed by atoms with Gasteiger partial charge in [0.05, 0.1) is 5.75 Å². The topological polar surface area (TPSA) is 59.8 Å². The number of nitrogens with zero attached hydrogens (tertiary/aromatic N) is 3. The first-order valence-corrected chi connectivity index (χ1v) is 11.1. The molecular formula is C23H19BrN4OS. The van der Waals surface area contributed by atoms with Gasteiger partial charge in [-0.15, -0.1) is 10.2 Å². The smallest absolute Gasteiger partial charge is 0.234 e. The fourth-order valence-corrected chi connectivity index (χ4v) is 4.27. The highest BCUT2D eigenvalue weighted by atomic mass is 79.9. The molecule has 0 unspecified atom stereocenters. The molecule has 0 fully saturated rings. The Kier molecular flexibility index (Phi) is 6.30. The van der Waals surface area contributed by atoms with E-state index in [4.69, 9.17) is 0 Å². The molecule has 1 amide bonds. The zero-order valence-corrected chi connectivity index (χ0v) is 18.7. The Hall–Kier alpha value is -2.90. The van der Waals surface area contributed by atoms with Crippen LogP contribution in [0.5, 0.6) is 0 Å². The Morgan fingerprint density at radius 2 is 1.60 bits per heavy atom. The van der Waals surface area contributed by atoms with Crippen molar-refractivity contribution in [2.75, 3.05) is 11.1 Å². The summed E-state index contributed by atoms with van der Waals surface area (Å²) in [5.41, 5.74) is 3.81. The van der Waals surface area contributed by atoms with E-state index < -0.39 is 0 Å². The molecule has 0 bridgehead atoms. The quantitative estimate of drug-likeness (QED) is 0.364. The third-order valence-corrected chi connectivity index (χ3v) is 6.28. The summed E-state index contributed by atoms with van der Waals surface area (Å²) in [6.07, 6.45) is 0. The molecule has 0 aliphatic carbocycles. The summed E-state index contributed by atoms with van der Waals surface area (Å²) in [6.45, 7) is 0. The summed E-state index contributed by atoms with van der Waals surface area (Å²) < 4.78 is 2.85. The molecule has 1 heterocycles. The van der Waals surface area contributed by atoms with Gasteiger partial charge in [0, 0.05) is 28.3 Å². The van der Waals surface area contributed by atoms with E-state index in [-0.39, 0.29) is 11.7 Å². The molecule has 0 aliphatic heterocycles. The first-order valence-electron chi connectivity index (χ1n) is 9.35. The monoisotopic (exact) mass is 478 g/mol. The van der Waals surface area contributed by atoms with Crippen LogP contribution in [0.4, 0.5) is 5.69 Å². The highest BCUT2D eigenvalue weighted by Gasteiger charge is 2.15. The molecule has 4 rings (SSSR count). The molecule has 150 valence electrons. The largest absolute Gasteiger partial charge is 0.325 e. The molecule has 0 aliphatic rings. The SMILES string of the molecule is Cn1c(SCC(=O)Nc2ccccc2-c2ccccc2)nnc1-c1ccccc1Br. The number of rotatable bonds is 6. The van der Waals surface area contributed by atoms with Gasteiger partial charge < -0.3 is 9.88 Å². The maximum atomic E-state index is 12.6. The van der Waals surface area contributed by atoms with Crippen LogP contribution in [0, 0.1) is 0 Å². The minimum atomic E-state index is -0.0891. The number of nitrogens with one attached hydrogen (secondary N) is 1. The molecule has 0 saturated carbocycles. The van der Waals surface area contributed by atoms with Crippen LogP contribution >= 0.6 is 27.7 Å². The third kappa shape index (κ3) is 4.47. The molecule has 0 atom stereocenters. The van der Waals surface area contributed by atoms with Crippen LogP contribution in [-0.2, 0) is 11.8 Å². The maximum Gasteiger partial charge on any atom is 0.234 e. The lowest BCUT2D eigenvalue weighted by Gasteiger charge is -2.11. The lowest BCUT2D eigenvalue weighted by atomic mass is 10.0. The van der Waals surface area contributed by atoms with Gasteiger partial charge in [0.15, 0.2) is 11.0 Å². The molecule has 1 N–H and O–H groups in total. The van der Waals surface area contributed by atoms with E-state index in [1.807, 2.05) is 90.5 Å². The predicted octanol–water partition coefficient (Wildman–Crippen LogP) is 5.64. The molecule has 0 saturated heterocycles. The van der Waals surface area contributed by atoms with Gasteiger partial charge in [-0.25, -0.2) is 0 Å². The van der Waals surface area contributed by atoms with E-state index in [0.717, 1.165) is 32.7 Å². The number of carbonyl (C=O) groups excluding carboxylic acids is 1. The normalized spacial score (nSPS) is 10.7. The van der Waals surface area contributed by atoms with Crippen LogP contribution in [0.15, 0.2) is 88.5 Å². The van der Waals surface area contributed by atoms with Crippen molar-refractivity contribution >= 4 is 39.3 Å². The van der Waals surface area contributed by atoms with Crippen molar-refractivity contribution in [3.8, 4) is 22.5 Å². The maximum absolute atomic E-state index is 12.6. The summed E-state index contributed by atoms with van der Waals surface area (Å²) in [5.74, 6) is 0.902. The first kappa shape index (κ1) is 20.4. The van der Waals surface area contributed by atoms with Gasteiger partial charge >= 0.3 is 0 Å². The number of thioether (sulfide) groups is 1. The number of anilines is 1. The van der Waals surface area contributed by atoms with E-state index in [2.05, 4.69) is 31.4 Å². The fraction of sp³-hybridized carbons (Fsp3) is 0.0870. The van der Waals surface area contributed by atoms with E-state index in [0.29, 0.717) is 5.16 Å². The highest BCUT2D eigenvalue weighted by Crippen LogP contribution is 2.30. The highest BCUT2D eigenvalue weighted by molar-refractivity contribution is 9.10. The van der Waals surface area contributed by atoms with Crippen molar-refractivity contribution < 1.29 is 4.79 Å². The predicted molar refractivity (Wildman–Crippen MR) is 125 cm³/mol. The average molecular weight is 479 g/mol. The zero-order valence-electron chi connectivity index (χ0n) is 16.2. The van der Waals surface area contributed by atoms with Gasteiger partial charge in [0.25, 0.3) is 0 Å². The number of para-hydroxylation sites is 1. The second-order valence-electron chi connectivity index (χ2n) is 6.59. The Bertz CT molecular complexity index is 1180. The molecule has 5 nitrogen and oxygen atoms in total. The standard InChI is InChI=1S/C23H19BrN4OS/c1-28-22(18-12-5-7-13-19(18)24)26-27-23(28)30-15-21(29)25-20-14-8-6-11-17(20)16-9-3-2-4-10-16/h2-14H,15H2,1H3,(H,25,29). The summed E-state index contributed by atoms with van der Waals surface area (Å²) in [4.78, 5) is 12.6. The average Bonchev–Trinajstić information content (AvgIpc) is 3.14. The number of amides is 1. The van der Waals surface area contributed by atoms with Crippen LogP contribution in [0.1, 0.15) is 0 Å².